The van der Waals surface area contributed by atoms with E-state index in [1.807, 2.05) is 18.2 Å². The molecule has 1 heterocycles. The molecule has 3 heteroatoms. The van der Waals surface area contributed by atoms with Crippen molar-refractivity contribution in [2.45, 2.75) is 36.9 Å². The molecule has 1 fully saturated rings. The lowest BCUT2D eigenvalue weighted by atomic mass is 9.72. The summed E-state index contributed by atoms with van der Waals surface area (Å²) in [4.78, 5) is 2.42. The third kappa shape index (κ3) is 2.49. The van der Waals surface area contributed by atoms with E-state index in [1.165, 1.54) is 21.9 Å². The number of nitriles is 1. The van der Waals surface area contributed by atoms with Gasteiger partial charge in [-0.05, 0) is 46.7 Å². The minimum absolute atomic E-state index is 0.117. The van der Waals surface area contributed by atoms with E-state index >= 15 is 0 Å². The van der Waals surface area contributed by atoms with Gasteiger partial charge in [0.15, 0.2) is 0 Å². The summed E-state index contributed by atoms with van der Waals surface area (Å²) in [6, 6.07) is 26.3. The molecule has 3 aromatic rings. The molecule has 1 aliphatic heterocycles. The summed E-state index contributed by atoms with van der Waals surface area (Å²) in [6.45, 7) is 0.846. The second-order valence-electron chi connectivity index (χ2n) is 7.90. The van der Waals surface area contributed by atoms with Gasteiger partial charge in [0.1, 0.15) is 0 Å². The molecular formula is C24H23N3. The standard InChI is InChI=1S/C24H23N3/c25-16-24(19-9-2-1-3-10-19)12-13-27(22(26)15-24)21-14-18-8-4-6-17-7-5-11-20(21)23(17)18/h1-11,21-22H,12-15,26H2. The van der Waals surface area contributed by atoms with Crippen molar-refractivity contribution in [3.8, 4) is 6.07 Å². The van der Waals surface area contributed by atoms with Crippen molar-refractivity contribution in [2.24, 2.45) is 5.73 Å². The zero-order chi connectivity index (χ0) is 18.4. The molecular weight excluding hydrogens is 330 g/mol. The van der Waals surface area contributed by atoms with Crippen molar-refractivity contribution in [3.63, 3.8) is 0 Å². The SMILES string of the molecule is N#CC1(c2ccccc2)CCN(C2Cc3cccc4cccc2c34)C(N)C1. The van der Waals surface area contributed by atoms with Crippen LogP contribution in [0.25, 0.3) is 10.8 Å². The molecule has 0 bridgehead atoms. The van der Waals surface area contributed by atoms with Crippen molar-refractivity contribution in [2.75, 3.05) is 6.54 Å². The maximum atomic E-state index is 10.0. The Morgan fingerprint density at radius 2 is 1.78 bits per heavy atom. The quantitative estimate of drug-likeness (QED) is 0.748. The topological polar surface area (TPSA) is 53.0 Å². The Labute approximate surface area is 160 Å². The monoisotopic (exact) mass is 353 g/mol. The highest BCUT2D eigenvalue weighted by atomic mass is 15.3. The second kappa shape index (κ2) is 6.20. The Bertz CT molecular complexity index is 1030. The minimum Gasteiger partial charge on any atom is -0.316 e. The Morgan fingerprint density at radius 3 is 2.52 bits per heavy atom. The molecule has 2 N–H and O–H groups in total. The first-order valence-electron chi connectivity index (χ1n) is 9.70. The summed E-state index contributed by atoms with van der Waals surface area (Å²) < 4.78 is 0. The number of rotatable bonds is 2. The molecule has 5 rings (SSSR count). The molecule has 3 unspecified atom stereocenters. The third-order valence-electron chi connectivity index (χ3n) is 6.52. The average molecular weight is 353 g/mol. The molecule has 3 atom stereocenters. The minimum atomic E-state index is -0.478. The molecule has 0 spiro atoms. The molecule has 3 aromatic carbocycles. The first kappa shape index (κ1) is 16.5. The zero-order valence-corrected chi connectivity index (χ0v) is 15.3. The van der Waals surface area contributed by atoms with Crippen LogP contribution >= 0.6 is 0 Å². The second-order valence-corrected chi connectivity index (χ2v) is 7.90. The number of piperidine rings is 1. The molecule has 0 aromatic heterocycles. The van der Waals surface area contributed by atoms with Crippen LogP contribution in [0.3, 0.4) is 0 Å². The van der Waals surface area contributed by atoms with Gasteiger partial charge in [0.25, 0.3) is 0 Å². The first-order valence-corrected chi connectivity index (χ1v) is 9.70. The Hall–Kier alpha value is -2.67. The predicted molar refractivity (Wildman–Crippen MR) is 108 cm³/mol. The van der Waals surface area contributed by atoms with E-state index in [0.717, 1.165) is 24.9 Å². The van der Waals surface area contributed by atoms with Gasteiger partial charge in [-0.3, -0.25) is 4.90 Å². The van der Waals surface area contributed by atoms with Gasteiger partial charge in [-0.1, -0.05) is 66.7 Å². The van der Waals surface area contributed by atoms with Gasteiger partial charge in [-0.15, -0.1) is 0 Å². The molecule has 1 saturated heterocycles. The van der Waals surface area contributed by atoms with E-state index in [2.05, 4.69) is 59.5 Å². The Balaban J connectivity index is 1.47. The van der Waals surface area contributed by atoms with Crippen LogP contribution in [0, 0.1) is 11.3 Å². The van der Waals surface area contributed by atoms with Gasteiger partial charge in [0.05, 0.1) is 17.6 Å². The molecule has 0 amide bonds. The average Bonchev–Trinajstić information content (AvgIpc) is 3.09. The van der Waals surface area contributed by atoms with Crippen LogP contribution in [0.5, 0.6) is 0 Å². The van der Waals surface area contributed by atoms with Crippen LogP contribution in [0.2, 0.25) is 0 Å². The number of nitrogens with two attached hydrogens (primary N) is 1. The molecule has 27 heavy (non-hydrogen) atoms. The van der Waals surface area contributed by atoms with Crippen LogP contribution in [0.15, 0.2) is 66.7 Å². The first-order chi connectivity index (χ1) is 13.2. The van der Waals surface area contributed by atoms with Crippen LogP contribution in [-0.4, -0.2) is 17.6 Å². The summed E-state index contributed by atoms with van der Waals surface area (Å²) in [6.07, 6.45) is 2.39. The van der Waals surface area contributed by atoms with E-state index < -0.39 is 5.41 Å². The summed E-state index contributed by atoms with van der Waals surface area (Å²) in [7, 11) is 0. The Kier molecular flexibility index (Phi) is 3.79. The van der Waals surface area contributed by atoms with Crippen molar-refractivity contribution < 1.29 is 0 Å². The van der Waals surface area contributed by atoms with E-state index in [9.17, 15) is 5.26 Å². The maximum absolute atomic E-state index is 10.0. The molecule has 2 aliphatic rings. The van der Waals surface area contributed by atoms with E-state index in [4.69, 9.17) is 5.73 Å². The summed E-state index contributed by atoms with van der Waals surface area (Å²) in [5.41, 5.74) is 10.1. The summed E-state index contributed by atoms with van der Waals surface area (Å²) in [5.74, 6) is 0. The number of hydrogen-bond acceptors (Lipinski definition) is 3. The summed E-state index contributed by atoms with van der Waals surface area (Å²) >= 11 is 0. The van der Waals surface area contributed by atoms with Crippen molar-refractivity contribution in [3.05, 3.63) is 83.4 Å². The third-order valence-corrected chi connectivity index (χ3v) is 6.52. The predicted octanol–water partition coefficient (Wildman–Crippen LogP) is 4.28. The van der Waals surface area contributed by atoms with Gasteiger partial charge >= 0.3 is 0 Å². The zero-order valence-electron chi connectivity index (χ0n) is 15.3. The number of benzene rings is 3. The van der Waals surface area contributed by atoms with Gasteiger partial charge in [-0.25, -0.2) is 0 Å². The van der Waals surface area contributed by atoms with E-state index in [0.29, 0.717) is 12.5 Å². The fourth-order valence-corrected chi connectivity index (χ4v) is 5.15. The van der Waals surface area contributed by atoms with Crippen LogP contribution in [0.4, 0.5) is 0 Å². The fourth-order valence-electron chi connectivity index (χ4n) is 5.15. The molecule has 1 aliphatic carbocycles. The molecule has 3 nitrogen and oxygen atoms in total. The Morgan fingerprint density at radius 1 is 1.00 bits per heavy atom. The van der Waals surface area contributed by atoms with Crippen molar-refractivity contribution in [1.82, 2.24) is 4.90 Å². The normalized spacial score (nSPS) is 27.6. The molecule has 0 radical (unpaired) electrons. The fraction of sp³-hybridized carbons (Fsp3) is 0.292. The van der Waals surface area contributed by atoms with Crippen LogP contribution in [0.1, 0.15) is 35.6 Å². The number of nitrogens with zero attached hydrogens (tertiary/aromatic N) is 2. The van der Waals surface area contributed by atoms with E-state index in [1.54, 1.807) is 0 Å². The lowest BCUT2D eigenvalue weighted by molar-refractivity contribution is 0.0731. The van der Waals surface area contributed by atoms with Crippen LogP contribution in [-0.2, 0) is 11.8 Å². The van der Waals surface area contributed by atoms with Gasteiger partial charge < -0.3 is 5.73 Å². The number of likely N-dealkylation sites (tertiary alicyclic amines) is 1. The largest absolute Gasteiger partial charge is 0.316 e. The lowest BCUT2D eigenvalue weighted by Gasteiger charge is -2.45. The van der Waals surface area contributed by atoms with Crippen molar-refractivity contribution >= 4 is 10.8 Å². The van der Waals surface area contributed by atoms with Crippen molar-refractivity contribution in [1.29, 1.82) is 5.26 Å². The highest BCUT2D eigenvalue weighted by molar-refractivity contribution is 5.91. The van der Waals surface area contributed by atoms with Gasteiger partial charge in [0, 0.05) is 12.6 Å². The van der Waals surface area contributed by atoms with E-state index in [-0.39, 0.29) is 6.17 Å². The highest BCUT2D eigenvalue weighted by Crippen LogP contribution is 2.44. The lowest BCUT2D eigenvalue weighted by Crippen LogP contribution is -2.54. The van der Waals surface area contributed by atoms with Crippen LogP contribution < -0.4 is 5.73 Å². The summed E-state index contributed by atoms with van der Waals surface area (Å²) in [5, 5.41) is 12.7. The number of hydrogen-bond donors (Lipinski definition) is 1. The molecule has 134 valence electrons. The maximum Gasteiger partial charge on any atom is 0.0862 e. The highest BCUT2D eigenvalue weighted by Gasteiger charge is 2.43. The smallest absolute Gasteiger partial charge is 0.0862 e. The van der Waals surface area contributed by atoms with Gasteiger partial charge in [-0.2, -0.15) is 5.26 Å². The molecule has 0 saturated carbocycles. The van der Waals surface area contributed by atoms with Gasteiger partial charge in [0.2, 0.25) is 0 Å².